The molecule has 0 bridgehead atoms. The molecule has 84 valence electrons. The highest BCUT2D eigenvalue weighted by Crippen LogP contribution is 2.15. The van der Waals surface area contributed by atoms with Crippen LogP contribution < -0.4 is 0 Å². The summed E-state index contributed by atoms with van der Waals surface area (Å²) >= 11 is 0. The molecule has 0 N–H and O–H groups in total. The lowest BCUT2D eigenvalue weighted by molar-refractivity contribution is 0.777. The molecular weight excluding hydrogens is 182 g/mol. The summed E-state index contributed by atoms with van der Waals surface area (Å²) in [5, 5.41) is 0. The number of hydrogen-bond donors (Lipinski definition) is 0. The second kappa shape index (κ2) is 7.44. The van der Waals surface area contributed by atoms with E-state index in [1.165, 1.54) is 37.1 Å². The van der Waals surface area contributed by atoms with Gasteiger partial charge >= 0.3 is 0 Å². The molecule has 0 saturated heterocycles. The molecule has 0 fully saturated rings. The molecule has 0 unspecified atom stereocenters. The smallest absolute Gasteiger partial charge is 0.0403 e. The highest BCUT2D eigenvalue weighted by molar-refractivity contribution is 5.95. The van der Waals surface area contributed by atoms with Crippen molar-refractivity contribution >= 4 is 5.71 Å². The first-order valence-electron chi connectivity index (χ1n) is 6.30. The van der Waals surface area contributed by atoms with E-state index in [0.717, 1.165) is 19.3 Å². The monoisotopic (exact) mass is 205 g/mol. The summed E-state index contributed by atoms with van der Waals surface area (Å²) in [4.78, 5) is 4.74. The van der Waals surface area contributed by atoms with Gasteiger partial charge in [-0.25, -0.2) is 0 Å². The summed E-state index contributed by atoms with van der Waals surface area (Å²) in [5.41, 5.74) is 2.57. The van der Waals surface area contributed by atoms with Gasteiger partial charge in [0.15, 0.2) is 0 Å². The Bertz CT molecular complexity index is 259. The summed E-state index contributed by atoms with van der Waals surface area (Å²) in [6.07, 6.45) is 15.1. The van der Waals surface area contributed by atoms with Crippen LogP contribution in [0.4, 0.5) is 0 Å². The Morgan fingerprint density at radius 3 is 2.60 bits per heavy atom. The maximum atomic E-state index is 4.74. The molecule has 0 amide bonds. The Morgan fingerprint density at radius 2 is 1.87 bits per heavy atom. The van der Waals surface area contributed by atoms with Crippen molar-refractivity contribution in [2.75, 3.05) is 0 Å². The third-order valence-corrected chi connectivity index (χ3v) is 2.66. The SMILES string of the molecule is CCCCC1=CCC=CC(CCCC)=N1. The van der Waals surface area contributed by atoms with Crippen LogP contribution in [0.2, 0.25) is 0 Å². The van der Waals surface area contributed by atoms with Gasteiger partial charge in [-0.1, -0.05) is 38.8 Å². The van der Waals surface area contributed by atoms with Gasteiger partial charge in [0.05, 0.1) is 0 Å². The molecule has 1 rings (SSSR count). The maximum absolute atomic E-state index is 4.74. The van der Waals surface area contributed by atoms with E-state index in [0.29, 0.717) is 0 Å². The first kappa shape index (κ1) is 12.2. The van der Waals surface area contributed by atoms with E-state index < -0.39 is 0 Å². The molecule has 0 saturated carbocycles. The van der Waals surface area contributed by atoms with E-state index in [9.17, 15) is 0 Å². The predicted molar refractivity (Wildman–Crippen MR) is 68.3 cm³/mol. The fourth-order valence-electron chi connectivity index (χ4n) is 1.69. The summed E-state index contributed by atoms with van der Waals surface area (Å²) in [5.74, 6) is 0. The molecule has 0 radical (unpaired) electrons. The first-order chi connectivity index (χ1) is 7.36. The Kier molecular flexibility index (Phi) is 6.06. The lowest BCUT2D eigenvalue weighted by atomic mass is 10.1. The molecule has 1 heterocycles. The Morgan fingerprint density at radius 1 is 1.13 bits per heavy atom. The molecule has 1 aliphatic rings. The highest BCUT2D eigenvalue weighted by Gasteiger charge is 2.01. The van der Waals surface area contributed by atoms with Crippen LogP contribution >= 0.6 is 0 Å². The number of allylic oxidation sites excluding steroid dienone is 4. The van der Waals surface area contributed by atoms with Gasteiger partial charge in [0.1, 0.15) is 0 Å². The van der Waals surface area contributed by atoms with Gasteiger partial charge in [0.25, 0.3) is 0 Å². The standard InChI is InChI=1S/C14H23N/c1-3-5-9-13-11-7-8-12-14(15-13)10-6-4-2/h7,11-12H,3-6,8-10H2,1-2H3. The van der Waals surface area contributed by atoms with E-state index in [4.69, 9.17) is 4.99 Å². The Hall–Kier alpha value is -0.850. The number of aliphatic imine (C=N–C) groups is 1. The van der Waals surface area contributed by atoms with Crippen molar-refractivity contribution in [2.24, 2.45) is 4.99 Å². The third kappa shape index (κ3) is 4.96. The Balaban J connectivity index is 2.52. The van der Waals surface area contributed by atoms with Crippen molar-refractivity contribution in [3.63, 3.8) is 0 Å². The third-order valence-electron chi connectivity index (χ3n) is 2.66. The van der Waals surface area contributed by atoms with Crippen LogP contribution in [0.1, 0.15) is 58.8 Å². The molecule has 1 aliphatic heterocycles. The molecular formula is C14H23N. The first-order valence-corrected chi connectivity index (χ1v) is 6.30. The largest absolute Gasteiger partial charge is 0.258 e. The fourth-order valence-corrected chi connectivity index (χ4v) is 1.69. The predicted octanol–water partition coefficient (Wildman–Crippen LogP) is 4.65. The molecule has 0 spiro atoms. The van der Waals surface area contributed by atoms with Crippen LogP contribution in [-0.2, 0) is 0 Å². The van der Waals surface area contributed by atoms with E-state index in [1.54, 1.807) is 0 Å². The summed E-state index contributed by atoms with van der Waals surface area (Å²) in [6.45, 7) is 4.46. The maximum Gasteiger partial charge on any atom is 0.0403 e. The molecule has 0 aromatic rings. The van der Waals surface area contributed by atoms with Gasteiger partial charge in [0, 0.05) is 11.4 Å². The minimum atomic E-state index is 1.05. The zero-order chi connectivity index (χ0) is 10.9. The summed E-state index contributed by atoms with van der Waals surface area (Å²) in [6, 6.07) is 0. The molecule has 0 aromatic carbocycles. The molecule has 0 aliphatic carbocycles. The van der Waals surface area contributed by atoms with E-state index in [-0.39, 0.29) is 0 Å². The van der Waals surface area contributed by atoms with Crippen molar-refractivity contribution in [3.8, 4) is 0 Å². The van der Waals surface area contributed by atoms with Gasteiger partial charge in [-0.2, -0.15) is 0 Å². The molecule has 15 heavy (non-hydrogen) atoms. The van der Waals surface area contributed by atoms with Gasteiger partial charge < -0.3 is 0 Å². The zero-order valence-corrected chi connectivity index (χ0v) is 10.1. The molecule has 1 nitrogen and oxygen atoms in total. The van der Waals surface area contributed by atoms with Gasteiger partial charge in [-0.3, -0.25) is 4.99 Å². The highest BCUT2D eigenvalue weighted by atomic mass is 14.8. The van der Waals surface area contributed by atoms with E-state index >= 15 is 0 Å². The lowest BCUT2D eigenvalue weighted by Gasteiger charge is -2.02. The summed E-state index contributed by atoms with van der Waals surface area (Å²) < 4.78 is 0. The average Bonchev–Trinajstić information content (AvgIpc) is 2.48. The minimum Gasteiger partial charge on any atom is -0.258 e. The Labute approximate surface area is 94.0 Å². The van der Waals surface area contributed by atoms with Crippen LogP contribution in [0.25, 0.3) is 0 Å². The second-order valence-electron chi connectivity index (χ2n) is 4.14. The lowest BCUT2D eigenvalue weighted by Crippen LogP contribution is -1.94. The molecule has 1 heteroatoms. The second-order valence-corrected chi connectivity index (χ2v) is 4.14. The fraction of sp³-hybridized carbons (Fsp3) is 0.643. The van der Waals surface area contributed by atoms with E-state index in [2.05, 4.69) is 32.1 Å². The van der Waals surface area contributed by atoms with Gasteiger partial charge in [-0.05, 0) is 38.2 Å². The number of nitrogens with zero attached hydrogens (tertiary/aromatic N) is 1. The van der Waals surface area contributed by atoms with Crippen molar-refractivity contribution in [3.05, 3.63) is 23.9 Å². The summed E-state index contributed by atoms with van der Waals surface area (Å²) in [7, 11) is 0. The van der Waals surface area contributed by atoms with Crippen LogP contribution in [0.5, 0.6) is 0 Å². The van der Waals surface area contributed by atoms with Gasteiger partial charge in [0.2, 0.25) is 0 Å². The van der Waals surface area contributed by atoms with Crippen LogP contribution in [0.15, 0.2) is 28.9 Å². The zero-order valence-electron chi connectivity index (χ0n) is 10.1. The average molecular weight is 205 g/mol. The molecule has 0 aromatic heterocycles. The number of rotatable bonds is 6. The van der Waals surface area contributed by atoms with Crippen LogP contribution in [0, 0.1) is 0 Å². The van der Waals surface area contributed by atoms with Gasteiger partial charge in [-0.15, -0.1) is 0 Å². The van der Waals surface area contributed by atoms with Crippen molar-refractivity contribution < 1.29 is 0 Å². The minimum absolute atomic E-state index is 1.05. The normalized spacial score (nSPS) is 15.9. The van der Waals surface area contributed by atoms with Crippen LogP contribution in [-0.4, -0.2) is 5.71 Å². The van der Waals surface area contributed by atoms with Crippen molar-refractivity contribution in [1.29, 1.82) is 0 Å². The van der Waals surface area contributed by atoms with E-state index in [1.807, 2.05) is 0 Å². The topological polar surface area (TPSA) is 12.4 Å². The number of unbranched alkanes of at least 4 members (excludes halogenated alkanes) is 2. The molecule has 0 atom stereocenters. The number of hydrogen-bond acceptors (Lipinski definition) is 1. The quantitative estimate of drug-likeness (QED) is 0.598. The van der Waals surface area contributed by atoms with Crippen molar-refractivity contribution in [1.82, 2.24) is 0 Å². The van der Waals surface area contributed by atoms with Crippen LogP contribution in [0.3, 0.4) is 0 Å². The van der Waals surface area contributed by atoms with Crippen molar-refractivity contribution in [2.45, 2.75) is 58.8 Å².